The van der Waals surface area contributed by atoms with Crippen LogP contribution in [0.2, 0.25) is 10.0 Å². The van der Waals surface area contributed by atoms with Gasteiger partial charge in [0, 0.05) is 69.1 Å². The Balaban J connectivity index is 0.742. The van der Waals surface area contributed by atoms with E-state index in [0.29, 0.717) is 123 Å². The van der Waals surface area contributed by atoms with Crippen LogP contribution in [0.5, 0.6) is 0 Å². The molecular formula is C61H90Cl2N6O20S. The second-order valence-electron chi connectivity index (χ2n) is 21.9. The molecule has 7 amide bonds. The first kappa shape index (κ1) is 75.6. The number of rotatable bonds is 46. The highest BCUT2D eigenvalue weighted by molar-refractivity contribution is 8.00. The fourth-order valence-electron chi connectivity index (χ4n) is 10.2. The molecule has 8 N–H and O–H groups in total. The Kier molecular flexibility index (Phi) is 35.4. The van der Waals surface area contributed by atoms with Crippen molar-refractivity contribution in [3.05, 3.63) is 63.6 Å². The van der Waals surface area contributed by atoms with E-state index in [4.69, 9.17) is 65.8 Å². The van der Waals surface area contributed by atoms with Gasteiger partial charge in [-0.05, 0) is 56.0 Å². The van der Waals surface area contributed by atoms with Gasteiger partial charge in [-0.25, -0.2) is 4.79 Å². The Morgan fingerprint density at radius 3 is 1.77 bits per heavy atom. The number of hydrogen-bond donors (Lipinski definition) is 8. The fourth-order valence-corrected chi connectivity index (χ4v) is 11.9. The lowest BCUT2D eigenvalue weighted by Gasteiger charge is -2.42. The predicted octanol–water partition coefficient (Wildman–Crippen LogP) is 2.97. The quantitative estimate of drug-likeness (QED) is 0.0349. The number of thioether (sulfide) groups is 1. The number of carboxylic acids is 1. The minimum Gasteiger partial charge on any atom is -0.480 e. The Hall–Kier alpha value is -5.11. The molecule has 2 aliphatic heterocycles. The molecule has 1 aliphatic carbocycles. The van der Waals surface area contributed by atoms with Crippen LogP contribution in [0, 0.1) is 11.3 Å². The van der Waals surface area contributed by atoms with E-state index in [2.05, 4.69) is 26.6 Å². The van der Waals surface area contributed by atoms with E-state index in [1.807, 2.05) is 0 Å². The van der Waals surface area contributed by atoms with Crippen molar-refractivity contribution in [2.75, 3.05) is 143 Å². The fraction of sp³-hybridized carbons (Fsp3) is 0.672. The van der Waals surface area contributed by atoms with Crippen LogP contribution >= 0.6 is 35.0 Å². The number of ether oxygens (including phenoxy) is 9. The van der Waals surface area contributed by atoms with Gasteiger partial charge in [0.05, 0.1) is 163 Å². The van der Waals surface area contributed by atoms with E-state index in [1.54, 1.807) is 56.3 Å². The van der Waals surface area contributed by atoms with Gasteiger partial charge < -0.3 is 84.5 Å². The van der Waals surface area contributed by atoms with Crippen LogP contribution in [0.25, 0.3) is 0 Å². The number of nitrogens with one attached hydrogen (secondary N) is 5. The molecule has 0 aromatic heterocycles. The zero-order chi connectivity index (χ0) is 65.1. The Bertz CT molecular complexity index is 2540. The summed E-state index contributed by atoms with van der Waals surface area (Å²) in [5.74, 6) is -3.75. The molecule has 29 heteroatoms. The zero-order valence-corrected chi connectivity index (χ0v) is 53.7. The number of likely N-dealkylation sites (tertiary alicyclic amines) is 1. The van der Waals surface area contributed by atoms with E-state index < -0.39 is 52.9 Å². The summed E-state index contributed by atoms with van der Waals surface area (Å²) in [4.78, 5) is 103. The van der Waals surface area contributed by atoms with Crippen LogP contribution in [-0.4, -0.2) is 241 Å². The van der Waals surface area contributed by atoms with E-state index in [0.717, 1.165) is 17.7 Å². The monoisotopic (exact) mass is 1330 g/mol. The van der Waals surface area contributed by atoms with Crippen LogP contribution in [0.4, 0.5) is 5.69 Å². The molecule has 2 aromatic carbocycles. The number of benzene rings is 2. The molecule has 0 spiro atoms. The van der Waals surface area contributed by atoms with Crippen LogP contribution in [0.15, 0.2) is 42.5 Å². The number of carbonyl (C=O) groups excluding carboxylic acids is 7. The highest BCUT2D eigenvalue weighted by atomic mass is 35.5. The summed E-state index contributed by atoms with van der Waals surface area (Å²) in [6, 6.07) is 9.53. The van der Waals surface area contributed by atoms with Crippen molar-refractivity contribution in [2.24, 2.45) is 11.3 Å². The van der Waals surface area contributed by atoms with Gasteiger partial charge in [0.1, 0.15) is 6.04 Å². The van der Waals surface area contributed by atoms with Gasteiger partial charge >= 0.3 is 5.97 Å². The number of amides is 7. The normalized spacial score (nSPS) is 20.0. The van der Waals surface area contributed by atoms with Crippen molar-refractivity contribution in [3.63, 3.8) is 0 Å². The van der Waals surface area contributed by atoms with Gasteiger partial charge in [-0.15, -0.1) is 11.8 Å². The Morgan fingerprint density at radius 1 is 0.700 bits per heavy atom. The van der Waals surface area contributed by atoms with Crippen LogP contribution in [-0.2, 0) is 82.6 Å². The summed E-state index contributed by atoms with van der Waals surface area (Å²) in [5, 5.41) is 43.7. The van der Waals surface area contributed by atoms with Crippen molar-refractivity contribution >= 4 is 88.0 Å². The van der Waals surface area contributed by atoms with Crippen LogP contribution < -0.4 is 26.6 Å². The molecule has 2 aromatic rings. The molecule has 3 fully saturated rings. The smallest absolute Gasteiger partial charge is 0.326 e. The molecular weight excluding hydrogens is 1240 g/mol. The number of hydrogen-bond acceptors (Lipinski definition) is 20. The highest BCUT2D eigenvalue weighted by Gasteiger charge is 2.44. The second-order valence-corrected chi connectivity index (χ2v) is 24.0. The number of carbonyl (C=O) groups is 8. The predicted molar refractivity (Wildman–Crippen MR) is 332 cm³/mol. The summed E-state index contributed by atoms with van der Waals surface area (Å²) in [7, 11) is 0. The first-order valence-electron chi connectivity index (χ1n) is 30.7. The first-order valence-corrected chi connectivity index (χ1v) is 32.5. The van der Waals surface area contributed by atoms with Crippen molar-refractivity contribution < 1.29 is 96.3 Å². The number of anilines is 1. The number of halogens is 2. The number of carboxylic acid groups (broad SMARTS) is 1. The standard InChI is InChI=1S/C61H90Cl2N6O20S/c1-41-48(40-70)89-42(2)55(56(41)75)68-52(73)14-37-90-49-39-53(74)69(58(49)77)20-12-50(71)65-19-22-82-24-26-84-28-30-86-32-34-88-36-35-87-33-31-85-29-27-83-25-23-81-21-13-51(72)64-18-17-61(15-3-4-16-61)60(80)67-47(59(78)79)38-43-8-10-44(11-9-43)66-57(76)54-45(62)6-5-7-46(54)63/h5-11,41-42,47-49,55-56,70,75H,3-4,12-40H2,1-2H3,(H,64,72)(H,65,71)(H,66,76)(H,67,80)(H,68,73)(H,78,79)/t41-,42+,47+,48-,49?,55+,56+/m1/s1. The highest BCUT2D eigenvalue weighted by Crippen LogP contribution is 2.41. The summed E-state index contributed by atoms with van der Waals surface area (Å²) < 4.78 is 49.9. The lowest BCUT2D eigenvalue weighted by atomic mass is 9.81. The maximum absolute atomic E-state index is 13.7. The van der Waals surface area contributed by atoms with Crippen molar-refractivity contribution in [2.45, 2.75) is 114 Å². The van der Waals surface area contributed by atoms with E-state index in [1.165, 1.54) is 11.8 Å². The first-order chi connectivity index (χ1) is 43.4. The molecule has 504 valence electrons. The number of aliphatic hydroxyl groups is 2. The van der Waals surface area contributed by atoms with Crippen molar-refractivity contribution in [3.8, 4) is 0 Å². The Morgan fingerprint density at radius 2 is 1.22 bits per heavy atom. The third kappa shape index (κ3) is 26.8. The lowest BCUT2D eigenvalue weighted by molar-refractivity contribution is -0.161. The number of aliphatic hydroxyl groups excluding tert-OH is 2. The molecule has 26 nitrogen and oxygen atoms in total. The van der Waals surface area contributed by atoms with E-state index >= 15 is 0 Å². The summed E-state index contributed by atoms with van der Waals surface area (Å²) in [6.45, 7) is 9.24. The molecule has 3 aliphatic rings. The summed E-state index contributed by atoms with van der Waals surface area (Å²) in [5.41, 5.74) is 0.427. The molecule has 2 heterocycles. The largest absolute Gasteiger partial charge is 0.480 e. The van der Waals surface area contributed by atoms with Crippen molar-refractivity contribution in [1.29, 1.82) is 0 Å². The molecule has 1 saturated carbocycles. The summed E-state index contributed by atoms with van der Waals surface area (Å²) in [6.07, 6.45) is 1.41. The van der Waals surface area contributed by atoms with Crippen LogP contribution in [0.3, 0.4) is 0 Å². The molecule has 90 heavy (non-hydrogen) atoms. The van der Waals surface area contributed by atoms with E-state index in [-0.39, 0.29) is 134 Å². The van der Waals surface area contributed by atoms with Gasteiger partial charge in [0.2, 0.25) is 35.4 Å². The second kappa shape index (κ2) is 42.2. The number of nitrogens with zero attached hydrogens (tertiary/aromatic N) is 1. The average molecular weight is 1330 g/mol. The zero-order valence-electron chi connectivity index (χ0n) is 51.4. The van der Waals surface area contributed by atoms with Gasteiger partial charge in [0.15, 0.2) is 0 Å². The Labute approximate surface area is 539 Å². The molecule has 0 bridgehead atoms. The third-order valence-corrected chi connectivity index (χ3v) is 17.2. The molecule has 2 saturated heterocycles. The molecule has 0 radical (unpaired) electrons. The van der Waals surface area contributed by atoms with Crippen LogP contribution in [0.1, 0.15) is 87.6 Å². The maximum atomic E-state index is 13.7. The molecule has 1 unspecified atom stereocenters. The van der Waals surface area contributed by atoms with Gasteiger partial charge in [-0.1, -0.05) is 61.2 Å². The molecule has 5 rings (SSSR count). The van der Waals surface area contributed by atoms with Gasteiger partial charge in [0.25, 0.3) is 5.91 Å². The number of imide groups is 1. The minimum atomic E-state index is -1.19. The minimum absolute atomic E-state index is 0.0103. The van der Waals surface area contributed by atoms with Gasteiger partial charge in [-0.3, -0.25) is 38.5 Å². The SMILES string of the molecule is C[C@H]1[C@H](O)[C@@H](NC(=O)CCSC2CC(=O)N(CCC(=O)NCCOCCOCCOCCOCCOCCOCCOCCOCCC(=O)NCCC3(C(=O)N[C@@H](Cc4ccc(NC(=O)c5c(Cl)cccc5Cl)cc4)C(=O)O)CCCC3)C2=O)[C@H](C)O[C@@H]1CO. The third-order valence-electron chi connectivity index (χ3n) is 15.4. The number of aliphatic carboxylic acids is 1. The topological polar surface area (TPSA) is 344 Å². The average Bonchev–Trinajstić information content (AvgIpc) is 1.36. The van der Waals surface area contributed by atoms with Gasteiger partial charge in [-0.2, -0.15) is 0 Å². The van der Waals surface area contributed by atoms with Crippen molar-refractivity contribution in [1.82, 2.24) is 26.2 Å². The lowest BCUT2D eigenvalue weighted by Crippen LogP contribution is -2.60. The maximum Gasteiger partial charge on any atom is 0.326 e. The molecule has 7 atom stereocenters. The van der Waals surface area contributed by atoms with E-state index in [9.17, 15) is 53.7 Å². The summed E-state index contributed by atoms with van der Waals surface area (Å²) >= 11 is 13.5.